The molecule has 1 aromatic rings. The fourth-order valence-corrected chi connectivity index (χ4v) is 1.74. The Labute approximate surface area is 144 Å². The first-order valence-electron chi connectivity index (χ1n) is 8.41. The van der Waals surface area contributed by atoms with E-state index >= 15 is 0 Å². The summed E-state index contributed by atoms with van der Waals surface area (Å²) in [5.74, 6) is 2.00. The molecule has 0 radical (unpaired) electrons. The molecule has 0 fully saturated rings. The second-order valence-corrected chi connectivity index (χ2v) is 6.96. The summed E-state index contributed by atoms with van der Waals surface area (Å²) >= 11 is 0. The number of carbonyl (C=O) groups is 1. The molecule has 7 heteroatoms. The molecule has 1 aromatic heterocycles. The van der Waals surface area contributed by atoms with Gasteiger partial charge in [-0.05, 0) is 6.42 Å². The largest absolute Gasteiger partial charge is 0.443 e. The van der Waals surface area contributed by atoms with Gasteiger partial charge in [0.05, 0.1) is 12.7 Å². The predicted octanol–water partition coefficient (Wildman–Crippen LogP) is 1.90. The summed E-state index contributed by atoms with van der Waals surface area (Å²) in [6.07, 6.45) is 3.88. The first-order valence-corrected chi connectivity index (χ1v) is 8.41. The Kier molecular flexibility index (Phi) is 7.74. The molecule has 0 aliphatic carbocycles. The third-order valence-corrected chi connectivity index (χ3v) is 3.39. The molecule has 7 nitrogen and oxygen atoms in total. The smallest absolute Gasteiger partial charge is 0.243 e. The lowest BCUT2D eigenvalue weighted by atomic mass is 9.94. The molecule has 2 N–H and O–H groups in total. The van der Waals surface area contributed by atoms with E-state index in [1.54, 1.807) is 20.3 Å². The summed E-state index contributed by atoms with van der Waals surface area (Å²) in [6.45, 7) is 9.70. The van der Waals surface area contributed by atoms with E-state index in [-0.39, 0.29) is 17.9 Å². The van der Waals surface area contributed by atoms with Crippen molar-refractivity contribution in [2.24, 2.45) is 4.99 Å². The van der Waals surface area contributed by atoms with Gasteiger partial charge in [-0.1, -0.05) is 34.1 Å². The molecule has 0 atom stereocenters. The highest BCUT2D eigenvalue weighted by molar-refractivity contribution is 5.84. The summed E-state index contributed by atoms with van der Waals surface area (Å²) in [7, 11) is 3.44. The molecular formula is C17H31N5O2. The minimum absolute atomic E-state index is 0.0438. The van der Waals surface area contributed by atoms with Crippen LogP contribution < -0.4 is 10.6 Å². The van der Waals surface area contributed by atoms with E-state index in [2.05, 4.69) is 48.3 Å². The van der Waals surface area contributed by atoms with E-state index in [1.165, 1.54) is 4.90 Å². The van der Waals surface area contributed by atoms with Gasteiger partial charge in [0, 0.05) is 26.1 Å². The van der Waals surface area contributed by atoms with Crippen LogP contribution in [0, 0.1) is 0 Å². The van der Waals surface area contributed by atoms with Crippen molar-refractivity contribution in [2.45, 2.75) is 52.5 Å². The minimum atomic E-state index is -0.0698. The van der Waals surface area contributed by atoms with Crippen LogP contribution in [0.25, 0.3) is 0 Å². The molecule has 0 bridgehead atoms. The van der Waals surface area contributed by atoms with E-state index in [0.29, 0.717) is 18.4 Å². The molecule has 0 aliphatic heterocycles. The van der Waals surface area contributed by atoms with Crippen molar-refractivity contribution in [3.8, 4) is 0 Å². The number of aliphatic imine (C=N–C) groups is 1. The molecule has 0 spiro atoms. The van der Waals surface area contributed by atoms with Gasteiger partial charge in [-0.25, -0.2) is 9.98 Å². The minimum Gasteiger partial charge on any atom is -0.443 e. The zero-order chi connectivity index (χ0) is 18.2. The number of oxazole rings is 1. The number of nitrogens with one attached hydrogen (secondary N) is 2. The summed E-state index contributed by atoms with van der Waals surface area (Å²) in [5, 5.41) is 6.39. The zero-order valence-corrected chi connectivity index (χ0v) is 15.8. The second-order valence-electron chi connectivity index (χ2n) is 6.96. The summed E-state index contributed by atoms with van der Waals surface area (Å²) in [5.41, 5.74) is -0.0698. The van der Waals surface area contributed by atoms with Gasteiger partial charge in [0.15, 0.2) is 5.96 Å². The fraction of sp³-hybridized carbons (Fsp3) is 0.706. The van der Waals surface area contributed by atoms with E-state index in [0.717, 1.165) is 25.1 Å². The van der Waals surface area contributed by atoms with E-state index in [1.807, 2.05) is 0 Å². The molecule has 0 unspecified atom stereocenters. The van der Waals surface area contributed by atoms with Crippen molar-refractivity contribution in [1.82, 2.24) is 20.5 Å². The van der Waals surface area contributed by atoms with Gasteiger partial charge in [0.1, 0.15) is 12.3 Å². The van der Waals surface area contributed by atoms with Gasteiger partial charge in [-0.2, -0.15) is 0 Å². The van der Waals surface area contributed by atoms with Crippen molar-refractivity contribution in [1.29, 1.82) is 0 Å². The van der Waals surface area contributed by atoms with Crippen molar-refractivity contribution in [3.05, 3.63) is 17.8 Å². The van der Waals surface area contributed by atoms with Crippen LogP contribution in [0.4, 0.5) is 0 Å². The van der Waals surface area contributed by atoms with Gasteiger partial charge in [-0.15, -0.1) is 0 Å². The molecule has 24 heavy (non-hydrogen) atoms. The Morgan fingerprint density at radius 1 is 1.33 bits per heavy atom. The third-order valence-electron chi connectivity index (χ3n) is 3.39. The van der Waals surface area contributed by atoms with Crippen LogP contribution >= 0.6 is 0 Å². The number of nitrogens with zero attached hydrogens (tertiary/aromatic N) is 3. The predicted molar refractivity (Wildman–Crippen MR) is 95.9 cm³/mol. The highest BCUT2D eigenvalue weighted by Gasteiger charge is 2.19. The summed E-state index contributed by atoms with van der Waals surface area (Å²) in [4.78, 5) is 21.8. The number of guanidine groups is 1. The molecular weight excluding hydrogens is 306 g/mol. The molecule has 1 rings (SSSR count). The second kappa shape index (κ2) is 9.30. The lowest BCUT2D eigenvalue weighted by Gasteiger charge is -2.14. The first kappa shape index (κ1) is 20.0. The van der Waals surface area contributed by atoms with E-state index in [4.69, 9.17) is 4.42 Å². The lowest BCUT2D eigenvalue weighted by Crippen LogP contribution is -2.38. The Balaban J connectivity index is 2.65. The Bertz CT molecular complexity index is 543. The van der Waals surface area contributed by atoms with E-state index in [9.17, 15) is 4.79 Å². The van der Waals surface area contributed by atoms with Crippen molar-refractivity contribution in [3.63, 3.8) is 0 Å². The highest BCUT2D eigenvalue weighted by atomic mass is 16.4. The van der Waals surface area contributed by atoms with Crippen LogP contribution in [-0.2, 0) is 16.8 Å². The Morgan fingerprint density at radius 2 is 2.04 bits per heavy atom. The highest BCUT2D eigenvalue weighted by Crippen LogP contribution is 2.22. The van der Waals surface area contributed by atoms with Crippen molar-refractivity contribution >= 4 is 11.9 Å². The summed E-state index contributed by atoms with van der Waals surface area (Å²) in [6, 6.07) is 0. The fourth-order valence-electron chi connectivity index (χ4n) is 1.74. The Hall–Kier alpha value is -2.05. The quantitative estimate of drug-likeness (QED) is 0.451. The van der Waals surface area contributed by atoms with Crippen molar-refractivity contribution < 1.29 is 9.21 Å². The number of carbonyl (C=O) groups excluding carboxylic acids is 1. The topological polar surface area (TPSA) is 82.8 Å². The SMILES string of the molecule is CCCCNC(=NCC(=O)N(C)C)NCc1ncc(C(C)(C)C)o1. The number of hydrogen-bond acceptors (Lipinski definition) is 4. The monoisotopic (exact) mass is 337 g/mol. The van der Waals surface area contributed by atoms with Crippen LogP contribution in [0.1, 0.15) is 52.2 Å². The molecule has 1 heterocycles. The zero-order valence-electron chi connectivity index (χ0n) is 15.8. The van der Waals surface area contributed by atoms with Gasteiger partial charge >= 0.3 is 0 Å². The average Bonchev–Trinajstić information content (AvgIpc) is 2.98. The van der Waals surface area contributed by atoms with Crippen LogP contribution in [0.3, 0.4) is 0 Å². The van der Waals surface area contributed by atoms with Crippen molar-refractivity contribution in [2.75, 3.05) is 27.2 Å². The Morgan fingerprint density at radius 3 is 2.58 bits per heavy atom. The number of aromatic nitrogens is 1. The number of rotatable bonds is 7. The van der Waals surface area contributed by atoms with Crippen LogP contribution in [0.5, 0.6) is 0 Å². The normalized spacial score (nSPS) is 12.2. The molecule has 0 aliphatic rings. The maximum atomic E-state index is 11.7. The van der Waals surface area contributed by atoms with E-state index < -0.39 is 0 Å². The number of amides is 1. The van der Waals surface area contributed by atoms with Crippen LogP contribution in [0.2, 0.25) is 0 Å². The standard InChI is InChI=1S/C17H31N5O2/c1-7-8-9-18-16(21-12-15(23)22(5)6)20-11-14-19-10-13(24-14)17(2,3)4/h10H,7-9,11-12H2,1-6H3,(H2,18,20,21). The molecule has 136 valence electrons. The maximum absolute atomic E-state index is 11.7. The number of unbranched alkanes of at least 4 members (excludes halogenated alkanes) is 1. The number of hydrogen-bond donors (Lipinski definition) is 2. The number of likely N-dealkylation sites (N-methyl/N-ethyl adjacent to an activating group) is 1. The third kappa shape index (κ3) is 7.02. The molecule has 0 saturated heterocycles. The average molecular weight is 337 g/mol. The maximum Gasteiger partial charge on any atom is 0.243 e. The van der Waals surface area contributed by atoms with Crippen LogP contribution in [0.15, 0.2) is 15.6 Å². The van der Waals surface area contributed by atoms with Crippen LogP contribution in [-0.4, -0.2) is 48.9 Å². The van der Waals surface area contributed by atoms with Gasteiger partial charge in [-0.3, -0.25) is 4.79 Å². The van der Waals surface area contributed by atoms with Gasteiger partial charge in [0.25, 0.3) is 0 Å². The van der Waals surface area contributed by atoms with Gasteiger partial charge in [0.2, 0.25) is 11.8 Å². The molecule has 0 aromatic carbocycles. The summed E-state index contributed by atoms with van der Waals surface area (Å²) < 4.78 is 5.76. The molecule has 1 amide bonds. The lowest BCUT2D eigenvalue weighted by molar-refractivity contribution is -0.127. The van der Waals surface area contributed by atoms with Gasteiger partial charge < -0.3 is 20.0 Å². The first-order chi connectivity index (χ1) is 11.2. The molecule has 0 saturated carbocycles.